The Morgan fingerprint density at radius 1 is 0.467 bits per heavy atom. The van der Waals surface area contributed by atoms with Crippen LogP contribution >= 0.6 is 11.6 Å². The molecule has 30 nitrogen and oxygen atoms in total. The van der Waals surface area contributed by atoms with Crippen LogP contribution in [0.4, 0.5) is 0 Å². The smallest absolute Gasteiger partial charge is 0.245 e. The second kappa shape index (κ2) is 40.3. The van der Waals surface area contributed by atoms with Crippen molar-refractivity contribution in [2.75, 3.05) is 26.2 Å². The van der Waals surface area contributed by atoms with Crippen molar-refractivity contribution in [1.82, 2.24) is 52.8 Å². The van der Waals surface area contributed by atoms with Gasteiger partial charge < -0.3 is 91.6 Å². The van der Waals surface area contributed by atoms with Gasteiger partial charge in [-0.2, -0.15) is 0 Å². The van der Waals surface area contributed by atoms with Crippen LogP contribution in [0.3, 0.4) is 0 Å². The minimum Gasteiger partial charge on any atom is -0.508 e. The van der Waals surface area contributed by atoms with Crippen LogP contribution in [-0.4, -0.2) is 179 Å². The fraction of sp³-hybridized carbons (Fsp3) is 0.365. The highest BCUT2D eigenvalue weighted by atomic mass is 35.5. The highest BCUT2D eigenvalue weighted by molar-refractivity contribution is 6.30. The number of fused-ring (bicyclic) bond motifs is 1. The number of aromatic hydroxyl groups is 1. The van der Waals surface area contributed by atoms with Gasteiger partial charge in [-0.1, -0.05) is 139 Å². The number of carbonyl (C=O) groups is 11. The summed E-state index contributed by atoms with van der Waals surface area (Å²) in [4.78, 5) is 166. The van der Waals surface area contributed by atoms with E-state index in [4.69, 9.17) is 40.3 Å². The minimum atomic E-state index is -1.84. The summed E-state index contributed by atoms with van der Waals surface area (Å²) >= 11 is 6.24. The number of guanidine groups is 2. The molecule has 7 rings (SSSR count). The van der Waals surface area contributed by atoms with Gasteiger partial charge in [0.15, 0.2) is 11.9 Å². The molecule has 0 aromatic heterocycles. The predicted octanol–water partition coefficient (Wildman–Crippen LogP) is -0.309. The van der Waals surface area contributed by atoms with E-state index in [1.54, 1.807) is 84.9 Å². The van der Waals surface area contributed by atoms with Gasteiger partial charge in [0.1, 0.15) is 66.2 Å². The molecule has 1 fully saturated rings. The average molecular weight is 1460 g/mol. The molecule has 0 aliphatic carbocycles. The van der Waals surface area contributed by atoms with Crippen LogP contribution in [0.1, 0.15) is 80.2 Å². The number of nitrogens with one attached hydrogen (secondary N) is 9. The maximum Gasteiger partial charge on any atom is 0.245 e. The van der Waals surface area contributed by atoms with Crippen LogP contribution in [0, 0.1) is 0 Å². The number of phenols is 1. The van der Waals surface area contributed by atoms with Gasteiger partial charge in [-0.3, -0.25) is 62.7 Å². The first kappa shape index (κ1) is 80.6. The predicted molar refractivity (Wildman–Crippen MR) is 394 cm³/mol. The molecule has 6 aromatic rings. The number of phenolic OH excluding ortho intramolecular Hbond substituents is 1. The minimum absolute atomic E-state index is 0.0335. The van der Waals surface area contributed by atoms with E-state index in [1.807, 2.05) is 42.5 Å². The Morgan fingerprint density at radius 2 is 0.848 bits per heavy atom. The number of nitrogens with zero attached hydrogens (tertiary/aromatic N) is 3. The van der Waals surface area contributed by atoms with Crippen molar-refractivity contribution in [2.24, 2.45) is 38.7 Å². The molecular weight excluding hydrogens is 1370 g/mol. The number of benzene rings is 6. The molecule has 0 bridgehead atoms. The van der Waals surface area contributed by atoms with E-state index in [-0.39, 0.29) is 102 Å². The second-order valence-electron chi connectivity index (χ2n) is 25.6. The van der Waals surface area contributed by atoms with Crippen LogP contribution in [0.5, 0.6) is 5.75 Å². The summed E-state index contributed by atoms with van der Waals surface area (Å²) < 4.78 is 0. The molecule has 10 atom stereocenters. The molecule has 11 amide bonds. The molecule has 1 saturated heterocycles. The monoisotopic (exact) mass is 1460 g/mol. The average Bonchev–Trinajstić information content (AvgIpc) is 1.82. The normalized spacial score (nSPS) is 15.0. The van der Waals surface area contributed by atoms with E-state index in [9.17, 15) is 58.2 Å². The van der Waals surface area contributed by atoms with E-state index >= 15 is 4.79 Å². The number of amides is 11. The van der Waals surface area contributed by atoms with Crippen molar-refractivity contribution >= 4 is 99.3 Å². The number of hydrogen-bond acceptors (Lipinski definition) is 15. The van der Waals surface area contributed by atoms with Crippen LogP contribution in [0.25, 0.3) is 10.8 Å². The Morgan fingerprint density at radius 3 is 1.31 bits per heavy atom. The molecule has 0 saturated carbocycles. The Kier molecular flexibility index (Phi) is 30.9. The molecular formula is C74H92ClN17O13. The van der Waals surface area contributed by atoms with Gasteiger partial charge in [-0.15, -0.1) is 0 Å². The largest absolute Gasteiger partial charge is 0.508 e. The molecule has 0 unspecified atom stereocenters. The first-order valence-electron chi connectivity index (χ1n) is 34.3. The van der Waals surface area contributed by atoms with Crippen LogP contribution < -0.4 is 76.5 Å². The zero-order valence-electron chi connectivity index (χ0n) is 58.3. The number of carbonyl (C=O) groups excluding carboxylic acids is 11. The first-order chi connectivity index (χ1) is 50.2. The van der Waals surface area contributed by atoms with Gasteiger partial charge in [0.25, 0.3) is 0 Å². The van der Waals surface area contributed by atoms with Gasteiger partial charge in [0.2, 0.25) is 65.0 Å². The number of nitrogens with two attached hydrogens (primary N) is 5. The van der Waals surface area contributed by atoms with E-state index in [1.165, 1.54) is 43.0 Å². The van der Waals surface area contributed by atoms with Gasteiger partial charge in [-0.25, -0.2) is 0 Å². The lowest BCUT2D eigenvalue weighted by Crippen LogP contribution is -2.61. The molecule has 6 aromatic carbocycles. The lowest BCUT2D eigenvalue weighted by atomic mass is 9.99. The van der Waals surface area contributed by atoms with Crippen LogP contribution in [0.15, 0.2) is 162 Å². The lowest BCUT2D eigenvalue weighted by molar-refractivity contribution is -0.142. The maximum atomic E-state index is 15.0. The van der Waals surface area contributed by atoms with E-state index in [0.29, 0.717) is 39.3 Å². The van der Waals surface area contributed by atoms with Crippen molar-refractivity contribution in [3.63, 3.8) is 0 Å². The third-order valence-corrected chi connectivity index (χ3v) is 17.6. The van der Waals surface area contributed by atoms with Crippen LogP contribution in [-0.2, 0) is 84.8 Å². The highest BCUT2D eigenvalue weighted by Gasteiger charge is 2.40. The van der Waals surface area contributed by atoms with Crippen molar-refractivity contribution < 1.29 is 63.0 Å². The van der Waals surface area contributed by atoms with E-state index < -0.39 is 132 Å². The summed E-state index contributed by atoms with van der Waals surface area (Å²) in [5.74, 6) is -9.71. The van der Waals surface area contributed by atoms with Gasteiger partial charge in [0.05, 0.1) is 6.61 Å². The van der Waals surface area contributed by atoms with Crippen molar-refractivity contribution in [2.45, 2.75) is 145 Å². The lowest BCUT2D eigenvalue weighted by Gasteiger charge is -2.30. The Hall–Kier alpha value is -11.7. The Labute approximate surface area is 612 Å². The maximum absolute atomic E-state index is 15.0. The zero-order valence-corrected chi connectivity index (χ0v) is 59.1. The van der Waals surface area contributed by atoms with Gasteiger partial charge in [0, 0.05) is 63.7 Å². The third-order valence-electron chi connectivity index (χ3n) is 17.4. The molecule has 0 radical (unpaired) electrons. The third kappa shape index (κ3) is 26.0. The molecule has 31 heteroatoms. The summed E-state index contributed by atoms with van der Waals surface area (Å²) in [5, 5.41) is 47.5. The fourth-order valence-electron chi connectivity index (χ4n) is 11.8. The number of primary amides is 1. The molecule has 0 spiro atoms. The summed E-state index contributed by atoms with van der Waals surface area (Å²) in [6.07, 6.45) is -0.193. The molecule has 1 heterocycles. The first-order valence-corrected chi connectivity index (χ1v) is 34.7. The Bertz CT molecular complexity index is 4050. The highest BCUT2D eigenvalue weighted by Crippen LogP contribution is 2.22. The number of aliphatic hydroxyl groups excluding tert-OH is 1. The van der Waals surface area contributed by atoms with Crippen molar-refractivity contribution in [3.8, 4) is 5.75 Å². The fourth-order valence-corrected chi connectivity index (χ4v) is 12.0. The quantitative estimate of drug-likeness (QED) is 0.0134. The number of hydrogen-bond donors (Lipinski definition) is 16. The van der Waals surface area contributed by atoms with Crippen molar-refractivity contribution in [1.29, 1.82) is 0 Å². The molecule has 105 heavy (non-hydrogen) atoms. The van der Waals surface area contributed by atoms with Gasteiger partial charge in [-0.05, 0) is 108 Å². The molecule has 558 valence electrons. The summed E-state index contributed by atoms with van der Waals surface area (Å²) in [6, 6.07) is 28.3. The van der Waals surface area contributed by atoms with Crippen molar-refractivity contribution in [3.05, 3.63) is 184 Å². The van der Waals surface area contributed by atoms with E-state index in [0.717, 1.165) is 10.8 Å². The molecule has 1 aliphatic rings. The summed E-state index contributed by atoms with van der Waals surface area (Å²) in [6.45, 7) is 1.70. The SMILES string of the molecule is CC(=O)N[C@H](Cc1ccc2ccccc2c1)C(=O)N[C@H](Cc1ccc(Cl)cc1)C(=O)N[C@H](Cc1ccccc1)C(=O)N[C@@H](CO)C(=O)N[C@@H](Cc1ccc(O)cc1)C(=O)N[C@H](CCCN=C(N)N)C(=O)N[C@@H](Cc1ccccc1)C(=O)N[C@@H](CCCN=C(N)N)C(=O)N1CCC[C@H]1C(=O)N[C@H](C)C(N)=O. The summed E-state index contributed by atoms with van der Waals surface area (Å²) in [5.41, 5.74) is 30.6. The molecule has 1 aliphatic heterocycles. The number of aliphatic hydroxyl groups is 1. The standard InChI is InChI=1S/C74H92ClN17O13/c1-43(63(76)96)83-71(104)62-22-13-35-92(62)72(105)55(21-12-34-82-74(79)80)86-67(100)57(37-45-14-5-3-6-15-45)87-64(97)54(20-11-33-81-73(77)78)85-66(99)59(40-48-26-31-53(95)32-27-48)90-70(103)61(42-93)91-69(102)58(38-46-16-7-4-8-17-46)89-68(101)60(39-47-24-29-52(75)30-25-47)88-65(98)56(84-44(2)94)41-49-23-28-50-18-9-10-19-51(50)36-49/h3-10,14-19,23-32,36,43,54-62,93,95H,11-13,20-22,33-35,37-42H2,1-2H3,(H2,76,96)(H,83,104)(H,84,94)(H,85,99)(H,86,100)(H,87,97)(H,88,98)(H,89,101)(H,90,103)(H,91,102)(H4,77,78,81)(H4,79,80,82)/t43-,54-,55+,56-,57+,58-,59+,60-,61+,62+/m1/s1. The second-order valence-corrected chi connectivity index (χ2v) is 26.0. The number of halogens is 1. The van der Waals surface area contributed by atoms with Crippen LogP contribution in [0.2, 0.25) is 5.02 Å². The van der Waals surface area contributed by atoms with E-state index in [2.05, 4.69) is 57.8 Å². The number of likely N-dealkylation sites (tertiary alicyclic amines) is 1. The molecule has 21 N–H and O–H groups in total. The number of aliphatic imine (C=N–C) groups is 2. The zero-order chi connectivity index (χ0) is 76.1. The summed E-state index contributed by atoms with van der Waals surface area (Å²) in [7, 11) is 0. The van der Waals surface area contributed by atoms with Gasteiger partial charge >= 0.3 is 0 Å². The topological polar surface area (TPSA) is 495 Å². The number of rotatable bonds is 38. The Balaban J connectivity index is 1.15.